The Morgan fingerprint density at radius 3 is 2.73 bits per heavy atom. The van der Waals surface area contributed by atoms with E-state index in [1.54, 1.807) is 11.8 Å². The minimum absolute atomic E-state index is 0.358. The van der Waals surface area contributed by atoms with E-state index in [1.165, 1.54) is 0 Å². The van der Waals surface area contributed by atoms with Gasteiger partial charge in [-0.1, -0.05) is 11.6 Å². The Balaban J connectivity index is 2.57. The molecule has 1 aromatic heterocycles. The van der Waals surface area contributed by atoms with Gasteiger partial charge >= 0.3 is 0 Å². The first-order valence-corrected chi connectivity index (χ1v) is 5.29. The zero-order valence-electron chi connectivity index (χ0n) is 9.33. The maximum absolute atomic E-state index is 9.50. The molecule has 0 aliphatic carbocycles. The lowest BCUT2D eigenvalue weighted by Gasteiger charge is -2.08. The predicted molar refractivity (Wildman–Crippen MR) is 59.2 cm³/mol. The van der Waals surface area contributed by atoms with Gasteiger partial charge < -0.3 is 9.84 Å². The molecule has 0 spiro atoms. The van der Waals surface area contributed by atoms with E-state index in [-0.39, 0.29) is 0 Å². The van der Waals surface area contributed by atoms with Crippen molar-refractivity contribution in [3.63, 3.8) is 0 Å². The van der Waals surface area contributed by atoms with Gasteiger partial charge in [0.25, 0.3) is 0 Å². The third-order valence-electron chi connectivity index (χ3n) is 2.36. The van der Waals surface area contributed by atoms with Crippen LogP contribution in [0.1, 0.15) is 17.7 Å². The molecule has 5 heteroatoms. The van der Waals surface area contributed by atoms with Gasteiger partial charge in [0, 0.05) is 19.7 Å². The molecule has 0 aromatic carbocycles. The topological polar surface area (TPSA) is 47.3 Å². The van der Waals surface area contributed by atoms with Crippen LogP contribution in [-0.4, -0.2) is 34.7 Å². The highest BCUT2D eigenvalue weighted by Crippen LogP contribution is 2.20. The first-order chi connectivity index (χ1) is 7.06. The minimum atomic E-state index is -0.439. The van der Waals surface area contributed by atoms with Crippen molar-refractivity contribution >= 4 is 11.6 Å². The van der Waals surface area contributed by atoms with Gasteiger partial charge in [-0.05, 0) is 19.8 Å². The quantitative estimate of drug-likeness (QED) is 0.833. The fourth-order valence-electron chi connectivity index (χ4n) is 1.54. The molecule has 0 radical (unpaired) electrons. The largest absolute Gasteiger partial charge is 0.391 e. The van der Waals surface area contributed by atoms with E-state index in [1.807, 2.05) is 14.0 Å². The molecule has 0 saturated carbocycles. The summed E-state index contributed by atoms with van der Waals surface area (Å²) in [5.74, 6) is 0. The maximum Gasteiger partial charge on any atom is 0.130 e. The number of halogens is 1. The number of methoxy groups -OCH3 is 1. The molecule has 0 fully saturated rings. The fraction of sp³-hybridized carbons (Fsp3) is 0.700. The van der Waals surface area contributed by atoms with E-state index in [0.717, 1.165) is 17.7 Å². The second kappa shape index (κ2) is 5.49. The molecule has 0 aliphatic heterocycles. The first-order valence-electron chi connectivity index (χ1n) is 4.91. The molecule has 1 unspecified atom stereocenters. The second-order valence-corrected chi connectivity index (χ2v) is 3.98. The van der Waals surface area contributed by atoms with Crippen LogP contribution in [-0.2, 0) is 18.2 Å². The molecule has 0 saturated heterocycles. The average Bonchev–Trinajstić information content (AvgIpc) is 2.40. The van der Waals surface area contributed by atoms with Crippen LogP contribution in [0.15, 0.2) is 0 Å². The smallest absolute Gasteiger partial charge is 0.130 e. The number of hydrogen-bond acceptors (Lipinski definition) is 3. The van der Waals surface area contributed by atoms with Gasteiger partial charge in [-0.15, -0.1) is 0 Å². The molecule has 0 bridgehead atoms. The SMILES string of the molecule is COCC(O)CCc1c(C)nn(C)c1Cl. The molecular formula is C10H17ClN2O2. The van der Waals surface area contributed by atoms with Crippen molar-refractivity contribution in [1.82, 2.24) is 9.78 Å². The number of ether oxygens (including phenoxy) is 1. The highest BCUT2D eigenvalue weighted by Gasteiger charge is 2.12. The van der Waals surface area contributed by atoms with Crippen molar-refractivity contribution in [2.75, 3.05) is 13.7 Å². The Morgan fingerprint density at radius 1 is 1.60 bits per heavy atom. The third kappa shape index (κ3) is 3.19. The summed E-state index contributed by atoms with van der Waals surface area (Å²) in [5, 5.41) is 14.4. The Hall–Kier alpha value is -0.580. The van der Waals surface area contributed by atoms with Gasteiger partial charge in [-0.25, -0.2) is 0 Å². The molecule has 1 N–H and O–H groups in total. The van der Waals surface area contributed by atoms with Gasteiger partial charge in [-0.2, -0.15) is 5.10 Å². The van der Waals surface area contributed by atoms with Crippen molar-refractivity contribution in [2.24, 2.45) is 7.05 Å². The highest BCUT2D eigenvalue weighted by atomic mass is 35.5. The van der Waals surface area contributed by atoms with E-state index in [2.05, 4.69) is 5.10 Å². The number of aryl methyl sites for hydroxylation is 2. The summed E-state index contributed by atoms with van der Waals surface area (Å²) in [4.78, 5) is 0. The summed E-state index contributed by atoms with van der Waals surface area (Å²) in [6.07, 6.45) is 0.925. The van der Waals surface area contributed by atoms with Crippen molar-refractivity contribution in [3.8, 4) is 0 Å². The Morgan fingerprint density at radius 2 is 2.27 bits per heavy atom. The number of aromatic nitrogens is 2. The highest BCUT2D eigenvalue weighted by molar-refractivity contribution is 6.30. The fourth-order valence-corrected chi connectivity index (χ4v) is 1.81. The van der Waals surface area contributed by atoms with Crippen molar-refractivity contribution in [3.05, 3.63) is 16.4 Å². The molecule has 0 amide bonds. The second-order valence-electron chi connectivity index (χ2n) is 3.63. The lowest BCUT2D eigenvalue weighted by Crippen LogP contribution is -2.14. The normalized spacial score (nSPS) is 13.1. The number of aliphatic hydroxyl groups excluding tert-OH is 1. The van der Waals surface area contributed by atoms with Gasteiger partial charge in [0.2, 0.25) is 0 Å². The van der Waals surface area contributed by atoms with Crippen LogP contribution in [0.4, 0.5) is 0 Å². The summed E-state index contributed by atoms with van der Waals surface area (Å²) in [6, 6.07) is 0. The van der Waals surface area contributed by atoms with Crippen LogP contribution in [0.3, 0.4) is 0 Å². The lowest BCUT2D eigenvalue weighted by molar-refractivity contribution is 0.0595. The molecular weight excluding hydrogens is 216 g/mol. The van der Waals surface area contributed by atoms with E-state index in [4.69, 9.17) is 16.3 Å². The number of rotatable bonds is 5. The minimum Gasteiger partial charge on any atom is -0.391 e. The molecule has 1 aromatic rings. The van der Waals surface area contributed by atoms with E-state index < -0.39 is 6.10 Å². The molecule has 4 nitrogen and oxygen atoms in total. The van der Waals surface area contributed by atoms with Crippen molar-refractivity contribution < 1.29 is 9.84 Å². The van der Waals surface area contributed by atoms with Crippen LogP contribution in [0.25, 0.3) is 0 Å². The van der Waals surface area contributed by atoms with Crippen LogP contribution in [0.5, 0.6) is 0 Å². The Kier molecular flexibility index (Phi) is 4.57. The molecule has 1 heterocycles. The maximum atomic E-state index is 9.50. The zero-order chi connectivity index (χ0) is 11.4. The zero-order valence-corrected chi connectivity index (χ0v) is 10.1. The summed E-state index contributed by atoms with van der Waals surface area (Å²) < 4.78 is 6.50. The predicted octanol–water partition coefficient (Wildman–Crippen LogP) is 1.32. The third-order valence-corrected chi connectivity index (χ3v) is 2.83. The van der Waals surface area contributed by atoms with Crippen LogP contribution < -0.4 is 0 Å². The van der Waals surface area contributed by atoms with Crippen molar-refractivity contribution in [2.45, 2.75) is 25.9 Å². The number of aliphatic hydroxyl groups is 1. The first kappa shape index (κ1) is 12.5. The van der Waals surface area contributed by atoms with E-state index in [9.17, 15) is 5.11 Å². The summed E-state index contributed by atoms with van der Waals surface area (Å²) >= 11 is 6.06. The Labute approximate surface area is 94.8 Å². The monoisotopic (exact) mass is 232 g/mol. The molecule has 1 atom stereocenters. The molecule has 86 valence electrons. The summed E-state index contributed by atoms with van der Waals surface area (Å²) in [7, 11) is 3.38. The van der Waals surface area contributed by atoms with Crippen LogP contribution in [0.2, 0.25) is 5.15 Å². The van der Waals surface area contributed by atoms with Crippen LogP contribution in [0, 0.1) is 6.92 Å². The summed E-state index contributed by atoms with van der Waals surface area (Å²) in [6.45, 7) is 2.28. The van der Waals surface area contributed by atoms with Gasteiger partial charge in [0.05, 0.1) is 18.4 Å². The standard InChI is InChI=1S/C10H17ClN2O2/c1-7-9(10(11)13(2)12-7)5-4-8(14)6-15-3/h8,14H,4-6H2,1-3H3. The van der Waals surface area contributed by atoms with Gasteiger partial charge in [0.1, 0.15) is 5.15 Å². The lowest BCUT2D eigenvalue weighted by atomic mass is 10.1. The molecule has 0 aliphatic rings. The number of hydrogen-bond donors (Lipinski definition) is 1. The van der Waals surface area contributed by atoms with Gasteiger partial charge in [0.15, 0.2) is 0 Å². The van der Waals surface area contributed by atoms with Crippen molar-refractivity contribution in [1.29, 1.82) is 0 Å². The molecule has 15 heavy (non-hydrogen) atoms. The average molecular weight is 233 g/mol. The van der Waals surface area contributed by atoms with E-state index in [0.29, 0.717) is 18.2 Å². The summed E-state index contributed by atoms with van der Waals surface area (Å²) in [5.41, 5.74) is 1.93. The number of nitrogens with zero attached hydrogens (tertiary/aromatic N) is 2. The molecule has 1 rings (SSSR count). The van der Waals surface area contributed by atoms with Gasteiger partial charge in [-0.3, -0.25) is 4.68 Å². The van der Waals surface area contributed by atoms with Crippen LogP contribution >= 0.6 is 11.6 Å². The Bertz CT molecular complexity index is 325. The van der Waals surface area contributed by atoms with E-state index >= 15 is 0 Å².